The zero-order valence-electron chi connectivity index (χ0n) is 7.92. The fourth-order valence-electron chi connectivity index (χ4n) is 1.59. The van der Waals surface area contributed by atoms with Gasteiger partial charge >= 0.3 is 11.8 Å². The summed E-state index contributed by atoms with van der Waals surface area (Å²) in [4.78, 5) is 1.03. The average molecular weight is 223 g/mol. The Morgan fingerprint density at radius 3 is 2.53 bits per heavy atom. The Balaban J connectivity index is 2.04. The van der Waals surface area contributed by atoms with Crippen LogP contribution in [0, 0.1) is 12.8 Å². The van der Waals surface area contributed by atoms with Gasteiger partial charge < -0.3 is 0 Å². The Hall–Kier alpha value is -1.14. The van der Waals surface area contributed by atoms with E-state index in [9.17, 15) is 17.6 Å². The highest BCUT2D eigenvalue weighted by Gasteiger charge is 2.71. The summed E-state index contributed by atoms with van der Waals surface area (Å²) in [6, 6.07) is 0. The van der Waals surface area contributed by atoms with Crippen LogP contribution in [0.15, 0.2) is 6.20 Å². The van der Waals surface area contributed by atoms with E-state index in [4.69, 9.17) is 0 Å². The lowest BCUT2D eigenvalue weighted by Gasteiger charge is -2.43. The Bertz CT molecular complexity index is 374. The Morgan fingerprint density at radius 2 is 2.13 bits per heavy atom. The summed E-state index contributed by atoms with van der Waals surface area (Å²) in [6.45, 7) is 1.38. The molecule has 0 saturated heterocycles. The Labute approximate surface area is 83.1 Å². The number of rotatable bonds is 2. The zero-order chi connectivity index (χ0) is 11.3. The van der Waals surface area contributed by atoms with Crippen LogP contribution in [-0.4, -0.2) is 26.8 Å². The van der Waals surface area contributed by atoms with Crippen LogP contribution in [0.1, 0.15) is 12.1 Å². The molecule has 1 fully saturated rings. The summed E-state index contributed by atoms with van der Waals surface area (Å²) in [6.07, 6.45) is 0.593. The lowest BCUT2D eigenvalue weighted by Crippen LogP contribution is -2.59. The minimum absolute atomic E-state index is 0.267. The predicted molar refractivity (Wildman–Crippen MR) is 42.8 cm³/mol. The van der Waals surface area contributed by atoms with Crippen LogP contribution < -0.4 is 0 Å². The summed E-state index contributed by atoms with van der Waals surface area (Å²) in [5.41, 5.74) is 0.574. The first-order chi connectivity index (χ1) is 6.83. The van der Waals surface area contributed by atoms with Crippen LogP contribution in [0.5, 0.6) is 0 Å². The molecule has 0 radical (unpaired) electrons. The first-order valence-corrected chi connectivity index (χ1v) is 4.45. The van der Waals surface area contributed by atoms with Crippen LogP contribution in [-0.2, 0) is 6.54 Å². The molecule has 0 aromatic carbocycles. The smallest absolute Gasteiger partial charge is 0.200 e. The van der Waals surface area contributed by atoms with Crippen molar-refractivity contribution in [1.29, 1.82) is 0 Å². The minimum Gasteiger partial charge on any atom is -0.200 e. The van der Waals surface area contributed by atoms with Gasteiger partial charge in [-0.1, -0.05) is 0 Å². The van der Waals surface area contributed by atoms with Crippen molar-refractivity contribution in [3.8, 4) is 0 Å². The third-order valence-corrected chi connectivity index (χ3v) is 2.54. The lowest BCUT2D eigenvalue weighted by atomic mass is 9.77. The van der Waals surface area contributed by atoms with E-state index in [1.807, 2.05) is 0 Å². The van der Waals surface area contributed by atoms with Gasteiger partial charge in [-0.25, -0.2) is 0 Å². The molecule has 0 spiro atoms. The van der Waals surface area contributed by atoms with E-state index in [0.29, 0.717) is 5.69 Å². The normalized spacial score (nSPS) is 27.4. The molecule has 0 amide bonds. The maximum Gasteiger partial charge on any atom is 0.315 e. The molecule has 1 aromatic rings. The van der Waals surface area contributed by atoms with Crippen LogP contribution in [0.3, 0.4) is 0 Å². The van der Waals surface area contributed by atoms with E-state index in [2.05, 4.69) is 10.2 Å². The van der Waals surface area contributed by atoms with Gasteiger partial charge in [0.1, 0.15) is 0 Å². The van der Waals surface area contributed by atoms with Gasteiger partial charge in [0.25, 0.3) is 0 Å². The van der Waals surface area contributed by atoms with Crippen LogP contribution in [0.2, 0.25) is 0 Å². The van der Waals surface area contributed by atoms with Crippen molar-refractivity contribution in [1.82, 2.24) is 15.0 Å². The van der Waals surface area contributed by atoms with E-state index < -0.39 is 24.2 Å². The van der Waals surface area contributed by atoms with Crippen LogP contribution in [0.4, 0.5) is 17.6 Å². The standard InChI is InChI=1S/C8H9F4N3/c1-5-3-13-15(14-5)4-6-2-7(9,10)8(6,11)12/h3,6H,2,4H2,1H3. The number of halogens is 4. The SMILES string of the molecule is Cc1cnn(CC2CC(F)(F)C2(F)F)n1. The highest BCUT2D eigenvalue weighted by Crippen LogP contribution is 2.55. The van der Waals surface area contributed by atoms with E-state index in [-0.39, 0.29) is 6.54 Å². The van der Waals surface area contributed by atoms with E-state index in [1.165, 1.54) is 6.20 Å². The second-order valence-electron chi connectivity index (χ2n) is 3.77. The molecule has 0 aliphatic heterocycles. The van der Waals surface area contributed by atoms with Crippen molar-refractivity contribution in [2.75, 3.05) is 0 Å². The second-order valence-corrected chi connectivity index (χ2v) is 3.77. The van der Waals surface area contributed by atoms with E-state index >= 15 is 0 Å². The number of aromatic nitrogens is 3. The summed E-state index contributed by atoms with van der Waals surface area (Å²) < 4.78 is 50.7. The van der Waals surface area contributed by atoms with Gasteiger partial charge in [0.15, 0.2) is 0 Å². The molecule has 1 unspecified atom stereocenters. The van der Waals surface area contributed by atoms with Crippen molar-refractivity contribution in [2.45, 2.75) is 31.7 Å². The maximum atomic E-state index is 12.9. The summed E-state index contributed by atoms with van der Waals surface area (Å²) >= 11 is 0. The third kappa shape index (κ3) is 1.49. The van der Waals surface area contributed by atoms with Gasteiger partial charge in [0, 0.05) is 6.42 Å². The summed E-state index contributed by atoms with van der Waals surface area (Å²) in [5.74, 6) is -9.19. The number of aryl methyl sites for hydroxylation is 1. The lowest BCUT2D eigenvalue weighted by molar-refractivity contribution is -0.316. The first-order valence-electron chi connectivity index (χ1n) is 4.45. The second kappa shape index (κ2) is 2.93. The van der Waals surface area contributed by atoms with Gasteiger partial charge in [-0.15, -0.1) is 0 Å². The number of hydrogen-bond donors (Lipinski definition) is 0. The molecule has 3 nitrogen and oxygen atoms in total. The fourth-order valence-corrected chi connectivity index (χ4v) is 1.59. The van der Waals surface area contributed by atoms with Crippen LogP contribution >= 0.6 is 0 Å². The van der Waals surface area contributed by atoms with Crippen molar-refractivity contribution in [3.05, 3.63) is 11.9 Å². The average Bonchev–Trinajstić information content (AvgIpc) is 2.50. The molecule has 1 saturated carbocycles. The highest BCUT2D eigenvalue weighted by molar-refractivity contribution is 5.02. The molecule has 7 heteroatoms. The molecule has 1 aliphatic rings. The molecule has 0 bridgehead atoms. The molecule has 1 aromatic heterocycles. The molecule has 15 heavy (non-hydrogen) atoms. The van der Waals surface area contributed by atoms with Gasteiger partial charge in [-0.05, 0) is 6.92 Å². The highest BCUT2D eigenvalue weighted by atomic mass is 19.3. The largest absolute Gasteiger partial charge is 0.315 e. The maximum absolute atomic E-state index is 12.9. The van der Waals surface area contributed by atoms with Crippen LogP contribution in [0.25, 0.3) is 0 Å². The third-order valence-electron chi connectivity index (χ3n) is 2.54. The number of nitrogens with zero attached hydrogens (tertiary/aromatic N) is 3. The van der Waals surface area contributed by atoms with Crippen molar-refractivity contribution in [2.24, 2.45) is 5.92 Å². The first kappa shape index (κ1) is 10.4. The molecule has 84 valence electrons. The molecule has 1 aliphatic carbocycles. The van der Waals surface area contributed by atoms with Crippen molar-refractivity contribution in [3.63, 3.8) is 0 Å². The van der Waals surface area contributed by atoms with E-state index in [1.54, 1.807) is 6.92 Å². The summed E-state index contributed by atoms with van der Waals surface area (Å²) in [5, 5.41) is 7.45. The molecule has 1 heterocycles. The minimum atomic E-state index is -3.94. The number of hydrogen-bond acceptors (Lipinski definition) is 2. The number of alkyl halides is 4. The van der Waals surface area contributed by atoms with Gasteiger partial charge in [0.05, 0.1) is 24.4 Å². The predicted octanol–water partition coefficient (Wildman–Crippen LogP) is 1.88. The van der Waals surface area contributed by atoms with Crippen molar-refractivity contribution < 1.29 is 17.6 Å². The Kier molecular flexibility index (Phi) is 2.03. The van der Waals surface area contributed by atoms with Gasteiger partial charge in [-0.3, -0.25) is 0 Å². The fraction of sp³-hybridized carbons (Fsp3) is 0.750. The Morgan fingerprint density at radius 1 is 1.47 bits per heavy atom. The zero-order valence-corrected chi connectivity index (χ0v) is 7.92. The molecule has 1 atom stereocenters. The quantitative estimate of drug-likeness (QED) is 0.716. The summed E-state index contributed by atoms with van der Waals surface area (Å²) in [7, 11) is 0. The molecular weight excluding hydrogens is 214 g/mol. The van der Waals surface area contributed by atoms with Crippen molar-refractivity contribution >= 4 is 0 Å². The van der Waals surface area contributed by atoms with Gasteiger partial charge in [0.2, 0.25) is 0 Å². The molecule has 2 rings (SSSR count). The van der Waals surface area contributed by atoms with Gasteiger partial charge in [-0.2, -0.15) is 32.6 Å². The molecule has 0 N–H and O–H groups in total. The topological polar surface area (TPSA) is 30.7 Å². The molecular formula is C8H9F4N3. The monoisotopic (exact) mass is 223 g/mol. The van der Waals surface area contributed by atoms with E-state index in [0.717, 1.165) is 4.80 Å².